The topological polar surface area (TPSA) is 47.6 Å². The molecule has 0 saturated heterocycles. The van der Waals surface area contributed by atoms with E-state index in [0.717, 1.165) is 12.8 Å². The molecule has 0 heterocycles. The number of hydrogen-bond donors (Lipinski definition) is 1. The van der Waals surface area contributed by atoms with Crippen molar-refractivity contribution in [2.75, 3.05) is 14.2 Å². The van der Waals surface area contributed by atoms with Gasteiger partial charge in [0, 0.05) is 13.2 Å². The summed E-state index contributed by atoms with van der Waals surface area (Å²) in [6.45, 7) is 1.81. The SMILES string of the molecule is COC(=O)C(C)NC1CC(OC)C1. The highest BCUT2D eigenvalue weighted by Crippen LogP contribution is 2.22. The second-order valence-electron chi connectivity index (χ2n) is 3.44. The Kier molecular flexibility index (Phi) is 3.69. The number of carbonyl (C=O) groups is 1. The van der Waals surface area contributed by atoms with Gasteiger partial charge in [-0.25, -0.2) is 0 Å². The van der Waals surface area contributed by atoms with E-state index in [0.29, 0.717) is 12.1 Å². The summed E-state index contributed by atoms with van der Waals surface area (Å²) in [5, 5.41) is 3.18. The molecule has 76 valence electrons. The van der Waals surface area contributed by atoms with E-state index in [1.54, 1.807) is 7.11 Å². The van der Waals surface area contributed by atoms with E-state index in [4.69, 9.17) is 4.74 Å². The van der Waals surface area contributed by atoms with Crippen LogP contribution in [0.25, 0.3) is 0 Å². The molecule has 1 fully saturated rings. The zero-order valence-corrected chi connectivity index (χ0v) is 8.37. The molecular weight excluding hydrogens is 170 g/mol. The second kappa shape index (κ2) is 4.58. The van der Waals surface area contributed by atoms with Crippen LogP contribution in [0.15, 0.2) is 0 Å². The van der Waals surface area contributed by atoms with Crippen LogP contribution in [-0.4, -0.2) is 38.4 Å². The molecule has 1 rings (SSSR count). The van der Waals surface area contributed by atoms with Crippen molar-refractivity contribution < 1.29 is 14.3 Å². The first kappa shape index (κ1) is 10.5. The van der Waals surface area contributed by atoms with Gasteiger partial charge in [0.05, 0.1) is 13.2 Å². The lowest BCUT2D eigenvalue weighted by atomic mass is 9.89. The molecule has 0 aromatic heterocycles. The zero-order valence-electron chi connectivity index (χ0n) is 8.37. The number of esters is 1. The van der Waals surface area contributed by atoms with Gasteiger partial charge < -0.3 is 14.8 Å². The molecule has 0 amide bonds. The van der Waals surface area contributed by atoms with Crippen LogP contribution in [0.2, 0.25) is 0 Å². The van der Waals surface area contributed by atoms with Gasteiger partial charge >= 0.3 is 5.97 Å². The Morgan fingerprint density at radius 1 is 1.46 bits per heavy atom. The lowest BCUT2D eigenvalue weighted by molar-refractivity contribution is -0.143. The summed E-state index contributed by atoms with van der Waals surface area (Å²) in [5.41, 5.74) is 0. The summed E-state index contributed by atoms with van der Waals surface area (Å²) < 4.78 is 9.73. The minimum atomic E-state index is -0.215. The molecule has 0 aromatic rings. The third-order valence-corrected chi connectivity index (χ3v) is 2.47. The lowest BCUT2D eigenvalue weighted by Gasteiger charge is -2.36. The van der Waals surface area contributed by atoms with Crippen LogP contribution in [0, 0.1) is 0 Å². The Morgan fingerprint density at radius 2 is 2.08 bits per heavy atom. The lowest BCUT2D eigenvalue weighted by Crippen LogP contribution is -2.50. The first-order chi connectivity index (χ1) is 6.17. The quantitative estimate of drug-likeness (QED) is 0.644. The Labute approximate surface area is 78.6 Å². The van der Waals surface area contributed by atoms with E-state index in [1.165, 1.54) is 7.11 Å². The van der Waals surface area contributed by atoms with Crippen molar-refractivity contribution >= 4 is 5.97 Å². The third kappa shape index (κ3) is 2.67. The van der Waals surface area contributed by atoms with E-state index in [9.17, 15) is 4.79 Å². The maximum Gasteiger partial charge on any atom is 0.322 e. The third-order valence-electron chi connectivity index (χ3n) is 2.47. The van der Waals surface area contributed by atoms with Crippen molar-refractivity contribution in [3.05, 3.63) is 0 Å². The monoisotopic (exact) mass is 187 g/mol. The van der Waals surface area contributed by atoms with Crippen LogP contribution < -0.4 is 5.32 Å². The molecule has 0 bridgehead atoms. The highest BCUT2D eigenvalue weighted by atomic mass is 16.5. The molecule has 1 saturated carbocycles. The highest BCUT2D eigenvalue weighted by Gasteiger charge is 2.31. The standard InChI is InChI=1S/C9H17NO3/c1-6(9(11)13-3)10-7-4-8(5-7)12-2/h6-8,10H,4-5H2,1-3H3. The van der Waals surface area contributed by atoms with Gasteiger partial charge in [0.25, 0.3) is 0 Å². The summed E-state index contributed by atoms with van der Waals surface area (Å²) in [6.07, 6.45) is 2.33. The fourth-order valence-electron chi connectivity index (χ4n) is 1.49. The number of nitrogens with one attached hydrogen (secondary N) is 1. The maximum atomic E-state index is 11.0. The zero-order chi connectivity index (χ0) is 9.84. The van der Waals surface area contributed by atoms with Gasteiger partial charge in [-0.2, -0.15) is 0 Å². The van der Waals surface area contributed by atoms with Crippen LogP contribution in [0.4, 0.5) is 0 Å². The molecule has 1 atom stereocenters. The van der Waals surface area contributed by atoms with Gasteiger partial charge in [0.2, 0.25) is 0 Å². The Bertz CT molecular complexity index is 178. The minimum Gasteiger partial charge on any atom is -0.468 e. The van der Waals surface area contributed by atoms with Crippen LogP contribution in [0.1, 0.15) is 19.8 Å². The number of hydrogen-bond acceptors (Lipinski definition) is 4. The van der Waals surface area contributed by atoms with Gasteiger partial charge in [0.1, 0.15) is 6.04 Å². The summed E-state index contributed by atoms with van der Waals surface area (Å²) in [7, 11) is 3.11. The van der Waals surface area contributed by atoms with E-state index >= 15 is 0 Å². The molecule has 1 N–H and O–H groups in total. The molecule has 13 heavy (non-hydrogen) atoms. The summed E-state index contributed by atoms with van der Waals surface area (Å²) in [4.78, 5) is 11.0. The molecule has 4 heteroatoms. The van der Waals surface area contributed by atoms with E-state index in [1.807, 2.05) is 6.92 Å². The molecule has 0 radical (unpaired) electrons. The van der Waals surface area contributed by atoms with Crippen LogP contribution >= 0.6 is 0 Å². The summed E-state index contributed by atoms with van der Waals surface area (Å²) in [5.74, 6) is -0.208. The molecule has 4 nitrogen and oxygen atoms in total. The Hall–Kier alpha value is -0.610. The van der Waals surface area contributed by atoms with Crippen molar-refractivity contribution in [2.24, 2.45) is 0 Å². The van der Waals surface area contributed by atoms with E-state index < -0.39 is 0 Å². The number of ether oxygens (including phenoxy) is 2. The number of carbonyl (C=O) groups excluding carboxylic acids is 1. The predicted molar refractivity (Wildman–Crippen MR) is 48.4 cm³/mol. The Morgan fingerprint density at radius 3 is 2.54 bits per heavy atom. The van der Waals surface area contributed by atoms with Gasteiger partial charge in [-0.1, -0.05) is 0 Å². The number of methoxy groups -OCH3 is 2. The predicted octanol–water partition coefficient (Wildman–Crippen LogP) is 0.315. The van der Waals surface area contributed by atoms with Crippen LogP contribution in [0.5, 0.6) is 0 Å². The first-order valence-corrected chi connectivity index (χ1v) is 4.54. The fraction of sp³-hybridized carbons (Fsp3) is 0.889. The molecule has 1 aliphatic rings. The summed E-state index contributed by atoms with van der Waals surface area (Å²) >= 11 is 0. The fourth-order valence-corrected chi connectivity index (χ4v) is 1.49. The summed E-state index contributed by atoms with van der Waals surface area (Å²) in [6, 6.07) is 0.187. The van der Waals surface area contributed by atoms with Gasteiger partial charge in [0.15, 0.2) is 0 Å². The van der Waals surface area contributed by atoms with Crippen LogP contribution in [0.3, 0.4) is 0 Å². The molecule has 1 unspecified atom stereocenters. The van der Waals surface area contributed by atoms with Gasteiger partial charge in [-0.15, -0.1) is 0 Å². The van der Waals surface area contributed by atoms with Crippen molar-refractivity contribution in [3.8, 4) is 0 Å². The van der Waals surface area contributed by atoms with Gasteiger partial charge in [-0.3, -0.25) is 4.79 Å². The molecule has 0 aliphatic heterocycles. The van der Waals surface area contributed by atoms with Crippen molar-refractivity contribution in [1.82, 2.24) is 5.32 Å². The smallest absolute Gasteiger partial charge is 0.322 e. The van der Waals surface area contributed by atoms with E-state index in [2.05, 4.69) is 10.1 Å². The van der Waals surface area contributed by atoms with Crippen LogP contribution in [-0.2, 0) is 14.3 Å². The van der Waals surface area contributed by atoms with E-state index in [-0.39, 0.29) is 12.0 Å². The molecule has 1 aliphatic carbocycles. The maximum absolute atomic E-state index is 11.0. The van der Waals surface area contributed by atoms with Gasteiger partial charge in [-0.05, 0) is 19.8 Å². The van der Waals surface area contributed by atoms with Crippen molar-refractivity contribution in [1.29, 1.82) is 0 Å². The first-order valence-electron chi connectivity index (χ1n) is 4.54. The Balaban J connectivity index is 2.16. The average Bonchev–Trinajstić information content (AvgIpc) is 2.08. The molecule has 0 spiro atoms. The highest BCUT2D eigenvalue weighted by molar-refractivity contribution is 5.75. The molecule has 0 aromatic carbocycles. The second-order valence-corrected chi connectivity index (χ2v) is 3.44. The van der Waals surface area contributed by atoms with Crippen molar-refractivity contribution in [3.63, 3.8) is 0 Å². The normalized spacial score (nSPS) is 29.2. The minimum absolute atomic E-state index is 0.208. The molecular formula is C9H17NO3. The number of rotatable bonds is 4. The van der Waals surface area contributed by atoms with Crippen molar-refractivity contribution in [2.45, 2.75) is 38.0 Å². The largest absolute Gasteiger partial charge is 0.468 e. The average molecular weight is 187 g/mol.